The molecule has 0 amide bonds. The van der Waals surface area contributed by atoms with Crippen LogP contribution in [0.4, 0.5) is 19.1 Å². The molecule has 1 saturated heterocycles. The Bertz CT molecular complexity index is 883. The fourth-order valence-corrected chi connectivity index (χ4v) is 3.24. The van der Waals surface area contributed by atoms with Crippen LogP contribution >= 0.6 is 0 Å². The highest BCUT2D eigenvalue weighted by Crippen LogP contribution is 2.30. The number of hydrogen-bond donors (Lipinski definition) is 0. The molecular weight excluding hydrogens is 383 g/mol. The van der Waals surface area contributed by atoms with Crippen molar-refractivity contribution in [3.63, 3.8) is 0 Å². The molecule has 0 radical (unpaired) electrons. The lowest BCUT2D eigenvalue weighted by atomic mass is 10.1. The largest absolute Gasteiger partial charge is 0.534 e. The van der Waals surface area contributed by atoms with Gasteiger partial charge in [-0.3, -0.25) is 0 Å². The van der Waals surface area contributed by atoms with Crippen molar-refractivity contribution in [3.8, 4) is 5.88 Å². The summed E-state index contributed by atoms with van der Waals surface area (Å²) in [4.78, 5) is 10.0. The van der Waals surface area contributed by atoms with Crippen LogP contribution in [0.5, 0.6) is 5.88 Å². The molecule has 1 aliphatic rings. The monoisotopic (exact) mass is 401 g/mol. The van der Waals surface area contributed by atoms with Gasteiger partial charge in [-0.2, -0.15) is 26.6 Å². The van der Waals surface area contributed by atoms with Crippen LogP contribution in [0.2, 0.25) is 0 Å². The van der Waals surface area contributed by atoms with E-state index in [-0.39, 0.29) is 17.9 Å². The van der Waals surface area contributed by atoms with E-state index in [1.54, 1.807) is 30.3 Å². The second kappa shape index (κ2) is 7.71. The summed E-state index contributed by atoms with van der Waals surface area (Å²) in [6.07, 6.45) is 4.34. The number of nitrogens with zero attached hydrogens (tertiary/aromatic N) is 3. The molecule has 3 rings (SSSR count). The third kappa shape index (κ3) is 4.68. The first-order chi connectivity index (χ1) is 12.8. The maximum absolute atomic E-state index is 12.8. The smallest absolute Gasteiger partial charge is 0.355 e. The summed E-state index contributed by atoms with van der Waals surface area (Å²) in [5, 5.41) is 0. The van der Waals surface area contributed by atoms with E-state index in [0.29, 0.717) is 13.1 Å². The third-order valence-corrected chi connectivity index (χ3v) is 5.10. The Morgan fingerprint density at radius 3 is 2.37 bits per heavy atom. The molecule has 6 nitrogen and oxygen atoms in total. The molecule has 0 unspecified atom stereocenters. The van der Waals surface area contributed by atoms with E-state index < -0.39 is 21.5 Å². The van der Waals surface area contributed by atoms with Gasteiger partial charge >= 0.3 is 15.6 Å². The number of halogens is 3. The highest BCUT2D eigenvalue weighted by Gasteiger charge is 2.49. The molecule has 1 aromatic heterocycles. The van der Waals surface area contributed by atoms with Crippen LogP contribution in [0.15, 0.2) is 36.5 Å². The molecule has 0 saturated carbocycles. The van der Waals surface area contributed by atoms with Crippen molar-refractivity contribution >= 4 is 16.1 Å². The Kier molecular flexibility index (Phi) is 5.54. The zero-order valence-electron chi connectivity index (χ0n) is 14.3. The molecule has 1 aliphatic heterocycles. The van der Waals surface area contributed by atoms with Crippen LogP contribution in [-0.4, -0.2) is 37.0 Å². The van der Waals surface area contributed by atoms with E-state index in [9.17, 15) is 21.6 Å². The van der Waals surface area contributed by atoms with E-state index in [0.717, 1.165) is 24.8 Å². The molecule has 10 heteroatoms. The van der Waals surface area contributed by atoms with Crippen LogP contribution in [0.1, 0.15) is 30.4 Å². The average molecular weight is 401 g/mol. The van der Waals surface area contributed by atoms with Gasteiger partial charge in [-0.15, -0.1) is 0 Å². The first-order valence-corrected chi connectivity index (χ1v) is 9.82. The fourth-order valence-electron chi connectivity index (χ4n) is 2.79. The van der Waals surface area contributed by atoms with E-state index >= 15 is 0 Å². The van der Waals surface area contributed by atoms with Gasteiger partial charge in [-0.1, -0.05) is 30.3 Å². The summed E-state index contributed by atoms with van der Waals surface area (Å²) >= 11 is 0. The lowest BCUT2D eigenvalue weighted by Crippen LogP contribution is -2.32. The molecule has 146 valence electrons. The normalized spacial score (nSPS) is 15.6. The summed E-state index contributed by atoms with van der Waals surface area (Å²) < 4.78 is 65.7. The molecular formula is C17H18F3N3O3S. The number of aromatic nitrogens is 2. The van der Waals surface area contributed by atoms with Gasteiger partial charge < -0.3 is 9.08 Å². The summed E-state index contributed by atoms with van der Waals surface area (Å²) in [6.45, 7) is 1.31. The van der Waals surface area contributed by atoms with Crippen molar-refractivity contribution in [1.82, 2.24) is 9.97 Å². The number of piperidine rings is 1. The number of alkyl halides is 3. The zero-order chi connectivity index (χ0) is 19.5. The Morgan fingerprint density at radius 1 is 1.07 bits per heavy atom. The molecule has 27 heavy (non-hydrogen) atoms. The third-order valence-electron chi connectivity index (χ3n) is 4.16. The Hall–Kier alpha value is -2.36. The zero-order valence-corrected chi connectivity index (χ0v) is 15.1. The second-order valence-corrected chi connectivity index (χ2v) is 7.73. The van der Waals surface area contributed by atoms with Gasteiger partial charge in [-0.25, -0.2) is 4.98 Å². The van der Waals surface area contributed by atoms with E-state index in [2.05, 4.69) is 14.2 Å². The second-order valence-electron chi connectivity index (χ2n) is 6.19. The van der Waals surface area contributed by atoms with Crippen LogP contribution in [0.3, 0.4) is 0 Å². The number of hydrogen-bond acceptors (Lipinski definition) is 6. The van der Waals surface area contributed by atoms with Gasteiger partial charge in [0.15, 0.2) is 0 Å². The highest BCUT2D eigenvalue weighted by molar-refractivity contribution is 7.87. The first-order valence-electron chi connectivity index (χ1n) is 8.42. The molecule has 0 bridgehead atoms. The lowest BCUT2D eigenvalue weighted by Gasteiger charge is -2.27. The minimum atomic E-state index is -5.82. The van der Waals surface area contributed by atoms with E-state index in [4.69, 9.17) is 0 Å². The van der Waals surface area contributed by atoms with Crippen molar-refractivity contribution < 1.29 is 25.8 Å². The van der Waals surface area contributed by atoms with Crippen molar-refractivity contribution in [2.24, 2.45) is 0 Å². The topological polar surface area (TPSA) is 72.4 Å². The van der Waals surface area contributed by atoms with Crippen LogP contribution in [-0.2, 0) is 16.5 Å². The van der Waals surface area contributed by atoms with Gasteiger partial charge in [0.2, 0.25) is 11.8 Å². The van der Waals surface area contributed by atoms with Gasteiger partial charge in [0.05, 0.1) is 0 Å². The molecule has 1 aromatic carbocycles. The maximum Gasteiger partial charge on any atom is 0.534 e. The summed E-state index contributed by atoms with van der Waals surface area (Å²) in [5.74, 6) is -0.425. The Labute approximate surface area is 155 Å². The molecule has 0 spiro atoms. The summed E-state index contributed by atoms with van der Waals surface area (Å²) in [6, 6.07) is 8.86. The molecule has 2 aromatic rings. The fraction of sp³-hybridized carbons (Fsp3) is 0.412. The van der Waals surface area contributed by atoms with Gasteiger partial charge in [0.1, 0.15) is 0 Å². The van der Waals surface area contributed by atoms with Crippen LogP contribution in [0, 0.1) is 0 Å². The molecule has 0 aliphatic carbocycles. The van der Waals surface area contributed by atoms with Gasteiger partial charge in [0.25, 0.3) is 0 Å². The SMILES string of the molecule is O=S(=O)(Oc1nc(N2CCCCC2)ncc1Cc1ccccc1)C(F)(F)F. The Balaban J connectivity index is 1.96. The molecule has 1 fully saturated rings. The summed E-state index contributed by atoms with van der Waals surface area (Å²) in [7, 11) is -5.82. The van der Waals surface area contributed by atoms with E-state index in [1.165, 1.54) is 6.20 Å². The standard InChI is InChI=1S/C17H18F3N3O3S/c18-17(19,20)27(24,25)26-15-14(11-13-7-3-1-4-8-13)12-21-16(22-15)23-9-5-2-6-10-23/h1,3-4,7-8,12H,2,5-6,9-11H2. The quantitative estimate of drug-likeness (QED) is 0.566. The Morgan fingerprint density at radius 2 is 1.74 bits per heavy atom. The number of anilines is 1. The molecule has 0 N–H and O–H groups in total. The molecule has 0 atom stereocenters. The molecule has 2 heterocycles. The van der Waals surface area contributed by atoms with Gasteiger partial charge in [-0.05, 0) is 24.8 Å². The maximum atomic E-state index is 12.8. The highest BCUT2D eigenvalue weighted by atomic mass is 32.2. The van der Waals surface area contributed by atoms with Crippen LogP contribution in [0.25, 0.3) is 0 Å². The van der Waals surface area contributed by atoms with Gasteiger partial charge in [0, 0.05) is 31.3 Å². The predicted molar refractivity (Wildman–Crippen MR) is 92.9 cm³/mol. The predicted octanol–water partition coefficient (Wildman–Crippen LogP) is 3.29. The summed E-state index contributed by atoms with van der Waals surface area (Å²) in [5.41, 5.74) is -4.61. The first kappa shape index (κ1) is 19.4. The van der Waals surface area contributed by atoms with E-state index in [1.807, 2.05) is 4.90 Å². The van der Waals surface area contributed by atoms with Crippen molar-refractivity contribution in [1.29, 1.82) is 0 Å². The minimum absolute atomic E-state index is 0.143. The lowest BCUT2D eigenvalue weighted by molar-refractivity contribution is -0.0501. The minimum Gasteiger partial charge on any atom is -0.355 e. The average Bonchev–Trinajstić information content (AvgIpc) is 2.63. The van der Waals surface area contributed by atoms with Crippen molar-refractivity contribution in [3.05, 3.63) is 47.7 Å². The number of benzene rings is 1. The van der Waals surface area contributed by atoms with Crippen LogP contribution < -0.4 is 9.08 Å². The number of rotatable bonds is 5. The van der Waals surface area contributed by atoms with Crippen molar-refractivity contribution in [2.75, 3.05) is 18.0 Å². The van der Waals surface area contributed by atoms with Crippen molar-refractivity contribution in [2.45, 2.75) is 31.2 Å².